The number of ketones is 3. The van der Waals surface area contributed by atoms with E-state index in [2.05, 4.69) is 0 Å². The Morgan fingerprint density at radius 2 is 1.87 bits per heavy atom. The topological polar surface area (TPSA) is 186 Å². The van der Waals surface area contributed by atoms with Gasteiger partial charge in [-0.25, -0.2) is 0 Å². The number of phenols is 2. The molecule has 11 heteroatoms. The van der Waals surface area contributed by atoms with Gasteiger partial charge in [0.15, 0.2) is 17.9 Å². The average molecular weight is 528 g/mol. The van der Waals surface area contributed by atoms with Crippen LogP contribution in [0, 0.1) is 0 Å². The highest BCUT2D eigenvalue weighted by atomic mass is 16.7. The second-order valence-electron chi connectivity index (χ2n) is 10.1. The van der Waals surface area contributed by atoms with Crippen LogP contribution in [0.1, 0.15) is 75.8 Å². The largest absolute Gasteiger partial charge is 0.507 e. The second kappa shape index (κ2) is 9.14. The first kappa shape index (κ1) is 26.3. The van der Waals surface area contributed by atoms with Gasteiger partial charge < -0.3 is 40.4 Å². The molecule has 0 bridgehead atoms. The summed E-state index contributed by atoms with van der Waals surface area (Å²) in [5, 5.41) is 43.3. The van der Waals surface area contributed by atoms with Crippen molar-refractivity contribution in [3.63, 3.8) is 0 Å². The summed E-state index contributed by atoms with van der Waals surface area (Å²) in [6.07, 6.45) is -4.28. The van der Waals surface area contributed by atoms with Crippen molar-refractivity contribution in [2.75, 3.05) is 7.11 Å². The molecule has 0 amide bonds. The quantitative estimate of drug-likeness (QED) is 0.326. The molecule has 0 saturated carbocycles. The van der Waals surface area contributed by atoms with Gasteiger partial charge in [-0.05, 0) is 19.9 Å². The van der Waals surface area contributed by atoms with Gasteiger partial charge in [0.05, 0.1) is 42.1 Å². The van der Waals surface area contributed by atoms with E-state index in [-0.39, 0.29) is 58.4 Å². The van der Waals surface area contributed by atoms with E-state index in [4.69, 9.17) is 19.9 Å². The molecule has 0 spiro atoms. The number of aliphatic hydroxyl groups is 2. The summed E-state index contributed by atoms with van der Waals surface area (Å²) >= 11 is 0. The molecule has 2 aliphatic carbocycles. The Balaban J connectivity index is 1.71. The first-order chi connectivity index (χ1) is 17.9. The molecule has 6 unspecified atom stereocenters. The lowest BCUT2D eigenvalue weighted by atomic mass is 9.72. The van der Waals surface area contributed by atoms with Crippen LogP contribution in [0.4, 0.5) is 0 Å². The van der Waals surface area contributed by atoms with Crippen LogP contribution in [-0.2, 0) is 20.7 Å². The molecule has 1 saturated heterocycles. The summed E-state index contributed by atoms with van der Waals surface area (Å²) in [5.74, 6) is -3.10. The average Bonchev–Trinajstić information content (AvgIpc) is 2.85. The number of carbonyl (C=O) groups excluding carboxylic acids is 3. The van der Waals surface area contributed by atoms with Gasteiger partial charge in [-0.15, -0.1) is 0 Å². The van der Waals surface area contributed by atoms with E-state index in [1.807, 2.05) is 0 Å². The van der Waals surface area contributed by atoms with Gasteiger partial charge in [-0.1, -0.05) is 12.1 Å². The van der Waals surface area contributed by atoms with E-state index in [0.29, 0.717) is 0 Å². The minimum Gasteiger partial charge on any atom is -0.507 e. The summed E-state index contributed by atoms with van der Waals surface area (Å²) in [5.41, 5.74) is 3.37. The van der Waals surface area contributed by atoms with Crippen LogP contribution in [0.5, 0.6) is 17.2 Å². The number of rotatable bonds is 4. The summed E-state index contributed by atoms with van der Waals surface area (Å²) in [7, 11) is 1.27. The fraction of sp³-hybridized carbons (Fsp3) is 0.444. The number of fused-ring (bicyclic) bond motifs is 3. The molecule has 1 heterocycles. The number of phenolic OH excluding ortho intramolecular Hbond substituents is 2. The lowest BCUT2D eigenvalue weighted by Gasteiger charge is -2.42. The first-order valence-corrected chi connectivity index (χ1v) is 12.2. The standard InChI is InChI=1S/C27H29NO10/c1-10-22(31)14(28)7-17(37-10)38-16-9-27(35,11(2)29)8-13-19(16)25(34)20-21(26(13)36-3)23(32)12-5-4-6-15(30)18(12)24(20)33/h4-6,10,14,16-17,22,30-31,34-35H,7-9,28H2,1-3H3. The minimum atomic E-state index is -1.94. The predicted molar refractivity (Wildman–Crippen MR) is 130 cm³/mol. The van der Waals surface area contributed by atoms with E-state index in [1.54, 1.807) is 6.92 Å². The molecular formula is C27H29NO10. The number of benzene rings is 2. The number of nitrogens with two attached hydrogens (primary N) is 1. The third kappa shape index (κ3) is 3.81. The zero-order chi connectivity index (χ0) is 27.7. The highest BCUT2D eigenvalue weighted by Gasteiger charge is 2.49. The molecule has 0 radical (unpaired) electrons. The third-order valence-corrected chi connectivity index (χ3v) is 7.78. The van der Waals surface area contributed by atoms with Crippen LogP contribution >= 0.6 is 0 Å². The maximum atomic E-state index is 13.6. The molecule has 202 valence electrons. The predicted octanol–water partition coefficient (Wildman–Crippen LogP) is 1.03. The highest BCUT2D eigenvalue weighted by Crippen LogP contribution is 2.52. The van der Waals surface area contributed by atoms with E-state index in [1.165, 1.54) is 32.2 Å². The Morgan fingerprint density at radius 3 is 2.50 bits per heavy atom. The van der Waals surface area contributed by atoms with Crippen LogP contribution in [0.15, 0.2) is 18.2 Å². The molecule has 0 aromatic heterocycles. The number of hydrogen-bond donors (Lipinski definition) is 5. The lowest BCUT2D eigenvalue weighted by molar-refractivity contribution is -0.247. The van der Waals surface area contributed by atoms with Gasteiger partial charge in [0.2, 0.25) is 5.78 Å². The fourth-order valence-corrected chi connectivity index (χ4v) is 5.71. The van der Waals surface area contributed by atoms with Crippen molar-refractivity contribution in [1.29, 1.82) is 0 Å². The zero-order valence-electron chi connectivity index (χ0n) is 21.1. The van der Waals surface area contributed by atoms with Crippen molar-refractivity contribution < 1.29 is 49.0 Å². The summed E-state index contributed by atoms with van der Waals surface area (Å²) in [6.45, 7) is 2.83. The summed E-state index contributed by atoms with van der Waals surface area (Å²) < 4.78 is 17.5. The molecule has 6 atom stereocenters. The monoisotopic (exact) mass is 527 g/mol. The van der Waals surface area contributed by atoms with Gasteiger partial charge in [-0.2, -0.15) is 0 Å². The van der Waals surface area contributed by atoms with E-state index in [9.17, 15) is 34.8 Å². The van der Waals surface area contributed by atoms with E-state index < -0.39 is 65.1 Å². The Labute approximate surface area is 217 Å². The summed E-state index contributed by atoms with van der Waals surface area (Å²) in [4.78, 5) is 39.7. The molecule has 5 rings (SSSR count). The molecule has 1 aliphatic heterocycles. The maximum Gasteiger partial charge on any atom is 0.202 e. The van der Waals surface area contributed by atoms with Crippen molar-refractivity contribution in [2.24, 2.45) is 5.73 Å². The number of aliphatic hydroxyl groups excluding tert-OH is 1. The normalized spacial score (nSPS) is 30.3. The van der Waals surface area contributed by atoms with Crippen molar-refractivity contribution in [1.82, 2.24) is 0 Å². The number of hydrogen-bond acceptors (Lipinski definition) is 11. The maximum absolute atomic E-state index is 13.6. The van der Waals surface area contributed by atoms with Crippen LogP contribution in [-0.4, -0.2) is 75.0 Å². The first-order valence-electron chi connectivity index (χ1n) is 12.2. The van der Waals surface area contributed by atoms with Gasteiger partial charge in [-0.3, -0.25) is 14.4 Å². The molecule has 38 heavy (non-hydrogen) atoms. The van der Waals surface area contributed by atoms with Gasteiger partial charge in [0.25, 0.3) is 0 Å². The van der Waals surface area contributed by atoms with Gasteiger partial charge in [0, 0.05) is 42.0 Å². The van der Waals surface area contributed by atoms with Crippen LogP contribution < -0.4 is 10.5 Å². The third-order valence-electron chi connectivity index (χ3n) is 7.78. The van der Waals surface area contributed by atoms with Crippen molar-refractivity contribution in [3.05, 3.63) is 51.6 Å². The SMILES string of the molecule is COc1c2c(c(O)c3c1C(=O)c1cccc(O)c1C3=O)C(OC1CC(N)C(O)C(C)O1)CC(O)(C(C)=O)C2. The number of methoxy groups -OCH3 is 1. The number of ether oxygens (including phenoxy) is 3. The lowest BCUT2D eigenvalue weighted by Crippen LogP contribution is -2.52. The highest BCUT2D eigenvalue weighted by molar-refractivity contribution is 6.31. The second-order valence-corrected chi connectivity index (χ2v) is 10.1. The summed E-state index contributed by atoms with van der Waals surface area (Å²) in [6, 6.07) is 3.38. The Kier molecular flexibility index (Phi) is 6.32. The zero-order valence-corrected chi connectivity index (χ0v) is 21.1. The Morgan fingerprint density at radius 1 is 1.16 bits per heavy atom. The molecule has 3 aliphatic rings. The van der Waals surface area contributed by atoms with Crippen molar-refractivity contribution in [2.45, 2.75) is 69.4 Å². The molecule has 1 fully saturated rings. The molecule has 6 N–H and O–H groups in total. The number of carbonyl (C=O) groups is 3. The van der Waals surface area contributed by atoms with Gasteiger partial charge >= 0.3 is 0 Å². The Bertz CT molecular complexity index is 1360. The molecule has 2 aromatic carbocycles. The minimum absolute atomic E-state index is 0.0579. The van der Waals surface area contributed by atoms with Crippen molar-refractivity contribution in [3.8, 4) is 17.2 Å². The van der Waals surface area contributed by atoms with Crippen LogP contribution in [0.3, 0.4) is 0 Å². The smallest absolute Gasteiger partial charge is 0.202 e. The molecule has 2 aromatic rings. The van der Waals surface area contributed by atoms with Crippen LogP contribution in [0.25, 0.3) is 0 Å². The van der Waals surface area contributed by atoms with E-state index in [0.717, 1.165) is 0 Å². The molecular weight excluding hydrogens is 498 g/mol. The molecule has 11 nitrogen and oxygen atoms in total. The van der Waals surface area contributed by atoms with Crippen molar-refractivity contribution >= 4 is 17.3 Å². The van der Waals surface area contributed by atoms with E-state index >= 15 is 0 Å². The Hall–Kier alpha value is -3.35. The number of aromatic hydroxyl groups is 2. The van der Waals surface area contributed by atoms with Crippen LogP contribution in [0.2, 0.25) is 0 Å². The van der Waals surface area contributed by atoms with Gasteiger partial charge in [0.1, 0.15) is 22.8 Å². The fourth-order valence-electron chi connectivity index (χ4n) is 5.71. The number of Topliss-reactive ketones (excluding diaryl/α,β-unsaturated/α-hetero) is 1.